The zero-order chi connectivity index (χ0) is 11.7. The molecule has 0 aromatic heterocycles. The molecule has 0 saturated heterocycles. The van der Waals surface area contributed by atoms with Crippen LogP contribution >= 0.6 is 0 Å². The van der Waals surface area contributed by atoms with Crippen LogP contribution in [0.15, 0.2) is 0 Å². The van der Waals surface area contributed by atoms with Crippen molar-refractivity contribution in [2.45, 2.75) is 72.3 Å². The molecule has 0 amide bonds. The molecular formula is C14H29N. The van der Waals surface area contributed by atoms with Crippen LogP contribution in [0.1, 0.15) is 66.7 Å². The standard InChI is InChI=1S/C14H29N/c1-11(2)6-7-14(15)9-12(3)8-13(4,5)10-14/h11-12H,6-10,15H2,1-5H3. The Morgan fingerprint density at radius 3 is 2.33 bits per heavy atom. The van der Waals surface area contributed by atoms with Gasteiger partial charge >= 0.3 is 0 Å². The Labute approximate surface area is 95.8 Å². The maximum absolute atomic E-state index is 6.57. The van der Waals surface area contributed by atoms with Gasteiger partial charge in [0.15, 0.2) is 0 Å². The van der Waals surface area contributed by atoms with E-state index in [1.165, 1.54) is 32.1 Å². The molecular weight excluding hydrogens is 182 g/mol. The van der Waals surface area contributed by atoms with Crippen LogP contribution in [0.2, 0.25) is 0 Å². The first-order valence-electron chi connectivity index (χ1n) is 6.51. The molecule has 0 spiro atoms. The Morgan fingerprint density at radius 1 is 1.27 bits per heavy atom. The highest BCUT2D eigenvalue weighted by atomic mass is 14.8. The molecule has 0 heterocycles. The number of rotatable bonds is 3. The Bertz CT molecular complexity index is 207. The predicted octanol–water partition coefficient (Wildman–Crippen LogP) is 3.97. The van der Waals surface area contributed by atoms with Crippen molar-refractivity contribution in [3.8, 4) is 0 Å². The van der Waals surface area contributed by atoms with Gasteiger partial charge in [-0.05, 0) is 49.4 Å². The van der Waals surface area contributed by atoms with Gasteiger partial charge in [-0.1, -0.05) is 34.6 Å². The van der Waals surface area contributed by atoms with Gasteiger partial charge in [0.1, 0.15) is 0 Å². The largest absolute Gasteiger partial charge is 0.325 e. The van der Waals surface area contributed by atoms with E-state index in [0.717, 1.165) is 11.8 Å². The van der Waals surface area contributed by atoms with Crippen molar-refractivity contribution >= 4 is 0 Å². The summed E-state index contributed by atoms with van der Waals surface area (Å²) in [6.45, 7) is 11.7. The molecule has 1 nitrogen and oxygen atoms in total. The van der Waals surface area contributed by atoms with E-state index in [1.807, 2.05) is 0 Å². The van der Waals surface area contributed by atoms with Crippen LogP contribution < -0.4 is 5.73 Å². The Morgan fingerprint density at radius 2 is 1.87 bits per heavy atom. The van der Waals surface area contributed by atoms with Crippen LogP contribution in [-0.2, 0) is 0 Å². The van der Waals surface area contributed by atoms with E-state index in [0.29, 0.717) is 5.41 Å². The number of hydrogen-bond donors (Lipinski definition) is 1. The molecule has 1 fully saturated rings. The van der Waals surface area contributed by atoms with Crippen LogP contribution in [0, 0.1) is 17.3 Å². The molecule has 0 radical (unpaired) electrons. The van der Waals surface area contributed by atoms with Crippen LogP contribution in [0.25, 0.3) is 0 Å². The molecule has 15 heavy (non-hydrogen) atoms. The fourth-order valence-electron chi connectivity index (χ4n) is 3.57. The molecule has 1 heteroatoms. The van der Waals surface area contributed by atoms with Gasteiger partial charge in [-0.3, -0.25) is 0 Å². The highest BCUT2D eigenvalue weighted by Gasteiger charge is 2.39. The van der Waals surface area contributed by atoms with Gasteiger partial charge in [0.05, 0.1) is 0 Å². The van der Waals surface area contributed by atoms with Crippen LogP contribution in [-0.4, -0.2) is 5.54 Å². The summed E-state index contributed by atoms with van der Waals surface area (Å²) in [6, 6.07) is 0. The van der Waals surface area contributed by atoms with E-state index < -0.39 is 0 Å². The minimum Gasteiger partial charge on any atom is -0.325 e. The van der Waals surface area contributed by atoms with Gasteiger partial charge in [-0.25, -0.2) is 0 Å². The second kappa shape index (κ2) is 4.45. The normalized spacial score (nSPS) is 35.8. The Kier molecular flexibility index (Phi) is 3.86. The van der Waals surface area contributed by atoms with Crippen molar-refractivity contribution in [2.24, 2.45) is 23.0 Å². The summed E-state index contributed by atoms with van der Waals surface area (Å²) >= 11 is 0. The summed E-state index contributed by atoms with van der Waals surface area (Å²) in [4.78, 5) is 0. The molecule has 90 valence electrons. The molecule has 1 aliphatic rings. The predicted molar refractivity (Wildman–Crippen MR) is 67.8 cm³/mol. The topological polar surface area (TPSA) is 26.0 Å². The number of hydrogen-bond acceptors (Lipinski definition) is 1. The van der Waals surface area contributed by atoms with Gasteiger partial charge in [0, 0.05) is 5.54 Å². The SMILES string of the molecule is CC(C)CCC1(N)CC(C)CC(C)(C)C1. The first-order valence-corrected chi connectivity index (χ1v) is 6.51. The third-order valence-electron chi connectivity index (χ3n) is 3.71. The minimum absolute atomic E-state index is 0.117. The molecule has 1 aliphatic carbocycles. The minimum atomic E-state index is 0.117. The molecule has 0 aromatic rings. The first-order chi connectivity index (χ1) is 6.72. The van der Waals surface area contributed by atoms with E-state index >= 15 is 0 Å². The summed E-state index contributed by atoms with van der Waals surface area (Å²) in [5.74, 6) is 1.58. The van der Waals surface area contributed by atoms with Gasteiger partial charge in [-0.2, -0.15) is 0 Å². The molecule has 0 aromatic carbocycles. The van der Waals surface area contributed by atoms with Gasteiger partial charge in [0.25, 0.3) is 0 Å². The van der Waals surface area contributed by atoms with E-state index in [1.54, 1.807) is 0 Å². The molecule has 0 aliphatic heterocycles. The molecule has 1 saturated carbocycles. The van der Waals surface area contributed by atoms with E-state index in [4.69, 9.17) is 5.73 Å². The zero-order valence-electron chi connectivity index (χ0n) is 11.3. The van der Waals surface area contributed by atoms with Crippen molar-refractivity contribution < 1.29 is 0 Å². The maximum atomic E-state index is 6.57. The average Bonchev–Trinajstić information content (AvgIpc) is 1.96. The number of nitrogens with two attached hydrogens (primary N) is 1. The lowest BCUT2D eigenvalue weighted by Gasteiger charge is -2.46. The summed E-state index contributed by atoms with van der Waals surface area (Å²) < 4.78 is 0. The monoisotopic (exact) mass is 211 g/mol. The second-order valence-electron chi connectivity index (χ2n) is 7.15. The van der Waals surface area contributed by atoms with E-state index in [-0.39, 0.29) is 5.54 Å². The van der Waals surface area contributed by atoms with Gasteiger partial charge in [-0.15, -0.1) is 0 Å². The third kappa shape index (κ3) is 4.14. The van der Waals surface area contributed by atoms with Crippen molar-refractivity contribution in [1.82, 2.24) is 0 Å². The highest BCUT2D eigenvalue weighted by Crippen LogP contribution is 2.44. The van der Waals surface area contributed by atoms with E-state index in [2.05, 4.69) is 34.6 Å². The lowest BCUT2D eigenvalue weighted by atomic mass is 9.63. The summed E-state index contributed by atoms with van der Waals surface area (Å²) in [5.41, 5.74) is 7.14. The first kappa shape index (κ1) is 13.0. The van der Waals surface area contributed by atoms with Crippen molar-refractivity contribution in [1.29, 1.82) is 0 Å². The lowest BCUT2D eigenvalue weighted by Crippen LogP contribution is -2.49. The Balaban J connectivity index is 2.58. The molecule has 2 unspecified atom stereocenters. The lowest BCUT2D eigenvalue weighted by molar-refractivity contribution is 0.0981. The smallest absolute Gasteiger partial charge is 0.0162 e. The zero-order valence-corrected chi connectivity index (χ0v) is 11.3. The fourth-order valence-corrected chi connectivity index (χ4v) is 3.57. The van der Waals surface area contributed by atoms with Crippen molar-refractivity contribution in [2.75, 3.05) is 0 Å². The quantitative estimate of drug-likeness (QED) is 0.751. The third-order valence-corrected chi connectivity index (χ3v) is 3.71. The van der Waals surface area contributed by atoms with Crippen molar-refractivity contribution in [3.05, 3.63) is 0 Å². The molecule has 2 N–H and O–H groups in total. The maximum Gasteiger partial charge on any atom is 0.0162 e. The highest BCUT2D eigenvalue weighted by molar-refractivity contribution is 4.96. The second-order valence-corrected chi connectivity index (χ2v) is 7.15. The molecule has 1 rings (SSSR count). The summed E-state index contributed by atoms with van der Waals surface area (Å²) in [6.07, 6.45) is 6.26. The van der Waals surface area contributed by atoms with Gasteiger partial charge < -0.3 is 5.73 Å². The summed E-state index contributed by atoms with van der Waals surface area (Å²) in [7, 11) is 0. The van der Waals surface area contributed by atoms with E-state index in [9.17, 15) is 0 Å². The molecule has 0 bridgehead atoms. The average molecular weight is 211 g/mol. The summed E-state index contributed by atoms with van der Waals surface area (Å²) in [5, 5.41) is 0. The van der Waals surface area contributed by atoms with Crippen molar-refractivity contribution in [3.63, 3.8) is 0 Å². The Hall–Kier alpha value is -0.0400. The molecule has 2 atom stereocenters. The van der Waals surface area contributed by atoms with Crippen LogP contribution in [0.4, 0.5) is 0 Å². The fraction of sp³-hybridized carbons (Fsp3) is 1.00. The van der Waals surface area contributed by atoms with Gasteiger partial charge in [0.2, 0.25) is 0 Å². The van der Waals surface area contributed by atoms with Crippen LogP contribution in [0.3, 0.4) is 0 Å². The van der Waals surface area contributed by atoms with Crippen LogP contribution in [0.5, 0.6) is 0 Å².